The molecule has 4 rings (SSSR count). The highest BCUT2D eigenvalue weighted by Gasteiger charge is 2.40. The lowest BCUT2D eigenvalue weighted by atomic mass is 9.74. The molecule has 1 fully saturated rings. The standard InChI is InChI=1S/C25H27N3O/c26-24(29)25(14-6-16-28(19-25)18-23-9-4-5-15-27-23)17-20-10-12-22(13-11-20)21-7-2-1-3-8-21/h1-5,7-13,15H,6,14,16-19H2,(H2,26,29)/t25-/m0/s1. The van der Waals surface area contributed by atoms with Gasteiger partial charge in [-0.05, 0) is 54.6 Å². The number of carbonyl (C=O) groups excluding carboxylic acids is 1. The fraction of sp³-hybridized carbons (Fsp3) is 0.280. The summed E-state index contributed by atoms with van der Waals surface area (Å²) < 4.78 is 0. The molecule has 4 heteroatoms. The minimum Gasteiger partial charge on any atom is -0.369 e. The van der Waals surface area contributed by atoms with Gasteiger partial charge in [0.15, 0.2) is 0 Å². The van der Waals surface area contributed by atoms with Crippen LogP contribution < -0.4 is 5.73 Å². The van der Waals surface area contributed by atoms with E-state index in [-0.39, 0.29) is 5.91 Å². The minimum atomic E-state index is -0.526. The van der Waals surface area contributed by atoms with Crippen molar-refractivity contribution in [2.24, 2.45) is 11.1 Å². The maximum Gasteiger partial charge on any atom is 0.225 e. The van der Waals surface area contributed by atoms with Crippen LogP contribution in [-0.2, 0) is 17.8 Å². The third-order valence-corrected chi connectivity index (χ3v) is 5.89. The van der Waals surface area contributed by atoms with Crippen LogP contribution in [0.15, 0.2) is 79.0 Å². The molecule has 2 aromatic carbocycles. The monoisotopic (exact) mass is 385 g/mol. The Hall–Kier alpha value is -2.98. The summed E-state index contributed by atoms with van der Waals surface area (Å²) in [7, 11) is 0. The molecule has 0 radical (unpaired) electrons. The molecule has 0 bridgehead atoms. The van der Waals surface area contributed by atoms with E-state index in [2.05, 4.69) is 46.3 Å². The first kappa shape index (κ1) is 19.3. The van der Waals surface area contributed by atoms with Crippen molar-refractivity contribution >= 4 is 5.91 Å². The highest BCUT2D eigenvalue weighted by Crippen LogP contribution is 2.34. The van der Waals surface area contributed by atoms with Crippen LogP contribution in [0.25, 0.3) is 11.1 Å². The number of nitrogens with zero attached hydrogens (tertiary/aromatic N) is 2. The average molecular weight is 386 g/mol. The Morgan fingerprint density at radius 1 is 0.966 bits per heavy atom. The molecule has 0 spiro atoms. The van der Waals surface area contributed by atoms with Crippen LogP contribution in [0.1, 0.15) is 24.1 Å². The molecule has 0 unspecified atom stereocenters. The van der Waals surface area contributed by atoms with Crippen molar-refractivity contribution in [3.63, 3.8) is 0 Å². The predicted molar refractivity (Wildman–Crippen MR) is 116 cm³/mol. The fourth-order valence-corrected chi connectivity index (χ4v) is 4.35. The van der Waals surface area contributed by atoms with Crippen molar-refractivity contribution in [2.75, 3.05) is 13.1 Å². The Balaban J connectivity index is 1.50. The molecule has 2 heterocycles. The number of hydrogen-bond acceptors (Lipinski definition) is 3. The molecule has 1 saturated heterocycles. The third kappa shape index (κ3) is 4.54. The van der Waals surface area contributed by atoms with E-state index in [9.17, 15) is 4.79 Å². The number of nitrogens with two attached hydrogens (primary N) is 1. The minimum absolute atomic E-state index is 0.199. The maximum absolute atomic E-state index is 12.5. The second kappa shape index (κ2) is 8.58. The molecule has 1 aliphatic heterocycles. The van der Waals surface area contributed by atoms with E-state index >= 15 is 0 Å². The second-order valence-electron chi connectivity index (χ2n) is 8.02. The van der Waals surface area contributed by atoms with Crippen LogP contribution in [-0.4, -0.2) is 28.9 Å². The number of aromatic nitrogens is 1. The lowest BCUT2D eigenvalue weighted by Gasteiger charge is -2.40. The third-order valence-electron chi connectivity index (χ3n) is 5.89. The van der Waals surface area contributed by atoms with Gasteiger partial charge < -0.3 is 5.73 Å². The Kier molecular flexibility index (Phi) is 5.72. The van der Waals surface area contributed by atoms with E-state index in [1.54, 1.807) is 0 Å². The van der Waals surface area contributed by atoms with Gasteiger partial charge in [0.05, 0.1) is 11.1 Å². The van der Waals surface area contributed by atoms with Gasteiger partial charge in [0.25, 0.3) is 0 Å². The van der Waals surface area contributed by atoms with Crippen molar-refractivity contribution in [3.05, 3.63) is 90.3 Å². The van der Waals surface area contributed by atoms with Crippen molar-refractivity contribution in [3.8, 4) is 11.1 Å². The number of benzene rings is 2. The number of carbonyl (C=O) groups is 1. The van der Waals surface area contributed by atoms with E-state index in [1.165, 1.54) is 11.1 Å². The van der Waals surface area contributed by atoms with E-state index in [0.717, 1.165) is 37.2 Å². The Morgan fingerprint density at radius 2 is 1.69 bits per heavy atom. The number of rotatable bonds is 6. The second-order valence-corrected chi connectivity index (χ2v) is 8.02. The van der Waals surface area contributed by atoms with Crippen LogP contribution in [0, 0.1) is 5.41 Å². The smallest absolute Gasteiger partial charge is 0.225 e. The molecule has 1 atom stereocenters. The summed E-state index contributed by atoms with van der Waals surface area (Å²) in [6.45, 7) is 2.40. The van der Waals surface area contributed by atoms with Crippen molar-refractivity contribution < 1.29 is 4.79 Å². The summed E-state index contributed by atoms with van der Waals surface area (Å²) in [6.07, 6.45) is 4.30. The lowest BCUT2D eigenvalue weighted by Crippen LogP contribution is -2.51. The van der Waals surface area contributed by atoms with Gasteiger partial charge in [-0.25, -0.2) is 0 Å². The van der Waals surface area contributed by atoms with Gasteiger partial charge in [-0.3, -0.25) is 14.7 Å². The summed E-state index contributed by atoms with van der Waals surface area (Å²) in [5.41, 5.74) is 9.98. The van der Waals surface area contributed by atoms with Gasteiger partial charge >= 0.3 is 0 Å². The molecule has 1 aliphatic rings. The lowest BCUT2D eigenvalue weighted by molar-refractivity contribution is -0.131. The molecule has 0 aliphatic carbocycles. The Morgan fingerprint density at radius 3 is 2.38 bits per heavy atom. The molecule has 2 N–H and O–H groups in total. The molecule has 148 valence electrons. The van der Waals surface area contributed by atoms with Gasteiger partial charge in [-0.15, -0.1) is 0 Å². The molecule has 1 amide bonds. The summed E-state index contributed by atoms with van der Waals surface area (Å²) in [5, 5.41) is 0. The van der Waals surface area contributed by atoms with E-state index in [4.69, 9.17) is 5.73 Å². The zero-order valence-corrected chi connectivity index (χ0v) is 16.6. The molecular weight excluding hydrogens is 358 g/mol. The maximum atomic E-state index is 12.5. The molecule has 3 aromatic rings. The first-order valence-corrected chi connectivity index (χ1v) is 10.2. The zero-order chi connectivity index (χ0) is 20.1. The van der Waals surface area contributed by atoms with Crippen LogP contribution >= 0.6 is 0 Å². The number of likely N-dealkylation sites (tertiary alicyclic amines) is 1. The predicted octanol–water partition coefficient (Wildman–Crippen LogP) is 4.06. The molecule has 1 aromatic heterocycles. The molecule has 0 saturated carbocycles. The summed E-state index contributed by atoms with van der Waals surface area (Å²) in [5.74, 6) is -0.199. The Labute approximate surface area is 172 Å². The fourth-order valence-electron chi connectivity index (χ4n) is 4.35. The molecular formula is C25H27N3O. The molecule has 4 nitrogen and oxygen atoms in total. The summed E-state index contributed by atoms with van der Waals surface area (Å²) in [4.78, 5) is 19.3. The van der Waals surface area contributed by atoms with E-state index < -0.39 is 5.41 Å². The molecule has 29 heavy (non-hydrogen) atoms. The van der Waals surface area contributed by atoms with Gasteiger partial charge in [0.2, 0.25) is 5.91 Å². The van der Waals surface area contributed by atoms with Crippen molar-refractivity contribution in [1.29, 1.82) is 0 Å². The van der Waals surface area contributed by atoms with Crippen LogP contribution in [0.2, 0.25) is 0 Å². The normalized spacial score (nSPS) is 19.7. The van der Waals surface area contributed by atoms with Crippen molar-refractivity contribution in [2.45, 2.75) is 25.8 Å². The van der Waals surface area contributed by atoms with Crippen molar-refractivity contribution in [1.82, 2.24) is 9.88 Å². The van der Waals surface area contributed by atoms with Crippen LogP contribution in [0.3, 0.4) is 0 Å². The average Bonchev–Trinajstić information content (AvgIpc) is 2.76. The SMILES string of the molecule is NC(=O)[C@]1(Cc2ccc(-c3ccccc3)cc2)CCCN(Cc2ccccn2)C1. The summed E-state index contributed by atoms with van der Waals surface area (Å²) >= 11 is 0. The Bertz CT molecular complexity index is 941. The topological polar surface area (TPSA) is 59.2 Å². The highest BCUT2D eigenvalue weighted by atomic mass is 16.1. The van der Waals surface area contributed by atoms with E-state index in [0.29, 0.717) is 13.0 Å². The number of piperidine rings is 1. The van der Waals surface area contributed by atoms with E-state index in [1.807, 2.05) is 42.6 Å². The highest BCUT2D eigenvalue weighted by molar-refractivity contribution is 5.81. The number of primary amides is 1. The van der Waals surface area contributed by atoms with Crippen LogP contribution in [0.4, 0.5) is 0 Å². The number of pyridine rings is 1. The summed E-state index contributed by atoms with van der Waals surface area (Å²) in [6, 6.07) is 24.8. The van der Waals surface area contributed by atoms with Gasteiger partial charge in [-0.2, -0.15) is 0 Å². The van der Waals surface area contributed by atoms with Gasteiger partial charge in [-0.1, -0.05) is 60.7 Å². The first-order valence-electron chi connectivity index (χ1n) is 10.2. The number of amides is 1. The number of hydrogen-bond donors (Lipinski definition) is 1. The largest absolute Gasteiger partial charge is 0.369 e. The van der Waals surface area contributed by atoms with Crippen LogP contribution in [0.5, 0.6) is 0 Å². The quantitative estimate of drug-likeness (QED) is 0.696. The first-order chi connectivity index (χ1) is 14.1. The zero-order valence-electron chi connectivity index (χ0n) is 16.6. The van der Waals surface area contributed by atoms with Gasteiger partial charge in [0, 0.05) is 19.3 Å². The van der Waals surface area contributed by atoms with Gasteiger partial charge in [0.1, 0.15) is 0 Å².